The maximum absolute atomic E-state index is 13.4. The van der Waals surface area contributed by atoms with E-state index in [2.05, 4.69) is 25.4 Å². The molecular weight excluding hydrogens is 591 g/mol. The number of pyridine rings is 1. The van der Waals surface area contributed by atoms with Gasteiger partial charge in [0.15, 0.2) is 0 Å². The summed E-state index contributed by atoms with van der Waals surface area (Å²) in [5.41, 5.74) is 0.765. The number of piperidine rings is 3. The highest BCUT2D eigenvalue weighted by Crippen LogP contribution is 2.37. The van der Waals surface area contributed by atoms with Crippen LogP contribution >= 0.6 is 12.4 Å². The first-order valence-electron chi connectivity index (χ1n) is 15.5. The minimum atomic E-state index is -4.59. The average molecular weight is 632 g/mol. The van der Waals surface area contributed by atoms with Crippen LogP contribution in [0, 0.1) is 28.6 Å². The van der Waals surface area contributed by atoms with E-state index in [0.29, 0.717) is 42.9 Å². The molecule has 238 valence electrons. The molecule has 4 saturated heterocycles. The Morgan fingerprint density at radius 1 is 0.977 bits per heavy atom. The van der Waals surface area contributed by atoms with Crippen LogP contribution in [0.15, 0.2) is 36.5 Å². The van der Waals surface area contributed by atoms with Crippen LogP contribution in [0.4, 0.5) is 30.4 Å². The number of amides is 1. The number of anilines is 3. The van der Waals surface area contributed by atoms with Crippen molar-refractivity contribution in [1.29, 1.82) is 5.26 Å². The highest BCUT2D eigenvalue weighted by Gasteiger charge is 2.40. The Labute approximate surface area is 263 Å². The number of alkyl halides is 3. The van der Waals surface area contributed by atoms with Gasteiger partial charge in [0.1, 0.15) is 5.82 Å². The lowest BCUT2D eigenvalue weighted by Crippen LogP contribution is -2.58. The van der Waals surface area contributed by atoms with Gasteiger partial charge in [-0.05, 0) is 93.3 Å². The summed E-state index contributed by atoms with van der Waals surface area (Å²) >= 11 is 0. The lowest BCUT2D eigenvalue weighted by atomic mass is 9.73. The van der Waals surface area contributed by atoms with Crippen LogP contribution in [0.5, 0.6) is 0 Å². The molecule has 1 spiro atoms. The van der Waals surface area contributed by atoms with E-state index in [1.54, 1.807) is 12.1 Å². The molecular formula is C32H41ClF3N7O. The number of aromatic nitrogens is 1. The third-order valence-electron chi connectivity index (χ3n) is 10.1. The van der Waals surface area contributed by atoms with Gasteiger partial charge >= 0.3 is 6.18 Å². The monoisotopic (exact) mass is 631 g/mol. The summed E-state index contributed by atoms with van der Waals surface area (Å²) in [6.45, 7) is 9.03. The standard InChI is InChI=1S/C32H40F3N7O.ClH/c33-32(34,35)28-17-26(2-1-25(28)18-36)41-13-7-24(8-14-41)30(43)39-29-4-3-27(19-38-29)42-11-5-23(6-12-42)20-40-15-9-31(10-16-40)21-37-22-31;/h1-4,17,19,23-24,37H,5-16,20-22H2,(H,38,39,43);1H. The van der Waals surface area contributed by atoms with E-state index in [-0.39, 0.29) is 29.8 Å². The van der Waals surface area contributed by atoms with Crippen LogP contribution in [-0.4, -0.2) is 74.7 Å². The smallest absolute Gasteiger partial charge is 0.371 e. The molecule has 0 radical (unpaired) electrons. The van der Waals surface area contributed by atoms with Gasteiger partial charge in [0.2, 0.25) is 5.91 Å². The molecule has 5 heterocycles. The van der Waals surface area contributed by atoms with Crippen molar-refractivity contribution in [3.8, 4) is 6.07 Å². The first kappa shape index (κ1) is 32.3. The Morgan fingerprint density at radius 3 is 2.18 bits per heavy atom. The quantitative estimate of drug-likeness (QED) is 0.456. The number of nitrogens with one attached hydrogen (secondary N) is 2. The summed E-state index contributed by atoms with van der Waals surface area (Å²) in [4.78, 5) is 24.3. The number of carbonyl (C=O) groups excluding carboxylic acids is 1. The molecule has 4 fully saturated rings. The second-order valence-corrected chi connectivity index (χ2v) is 12.8. The van der Waals surface area contributed by atoms with Crippen LogP contribution in [-0.2, 0) is 11.0 Å². The van der Waals surface area contributed by atoms with Crippen molar-refractivity contribution >= 4 is 35.5 Å². The zero-order chi connectivity index (χ0) is 30.0. The molecule has 4 aliphatic heterocycles. The normalized spacial score (nSPS) is 21.3. The number of nitrogens with zero attached hydrogens (tertiary/aromatic N) is 5. The van der Waals surface area contributed by atoms with E-state index in [4.69, 9.17) is 5.26 Å². The molecule has 1 aromatic carbocycles. The summed E-state index contributed by atoms with van der Waals surface area (Å²) in [6.07, 6.45) is 3.31. The molecule has 4 aliphatic rings. The van der Waals surface area contributed by atoms with Crippen LogP contribution in [0.25, 0.3) is 0 Å². The van der Waals surface area contributed by atoms with Crippen molar-refractivity contribution in [1.82, 2.24) is 15.2 Å². The van der Waals surface area contributed by atoms with Crippen molar-refractivity contribution < 1.29 is 18.0 Å². The van der Waals surface area contributed by atoms with Crippen molar-refractivity contribution in [3.05, 3.63) is 47.7 Å². The topological polar surface area (TPSA) is 87.5 Å². The van der Waals surface area contributed by atoms with E-state index in [1.807, 2.05) is 23.2 Å². The summed E-state index contributed by atoms with van der Waals surface area (Å²) in [7, 11) is 0. The molecule has 6 rings (SSSR count). The molecule has 2 aromatic rings. The van der Waals surface area contributed by atoms with Crippen molar-refractivity contribution in [2.75, 3.05) is 74.0 Å². The number of benzene rings is 1. The van der Waals surface area contributed by atoms with Gasteiger partial charge in [0, 0.05) is 57.4 Å². The van der Waals surface area contributed by atoms with E-state index < -0.39 is 11.7 Å². The Morgan fingerprint density at radius 2 is 1.61 bits per heavy atom. The predicted octanol–water partition coefficient (Wildman–Crippen LogP) is 5.15. The van der Waals surface area contributed by atoms with Crippen molar-refractivity contribution in [2.45, 2.75) is 44.7 Å². The van der Waals surface area contributed by atoms with E-state index in [1.165, 1.54) is 64.5 Å². The average Bonchev–Trinajstić information content (AvgIpc) is 3.01. The summed E-state index contributed by atoms with van der Waals surface area (Å²) in [5.74, 6) is 0.894. The van der Waals surface area contributed by atoms with Gasteiger partial charge in [-0.2, -0.15) is 18.4 Å². The van der Waals surface area contributed by atoms with Gasteiger partial charge in [-0.25, -0.2) is 4.98 Å². The summed E-state index contributed by atoms with van der Waals surface area (Å²) in [6, 6.07) is 9.27. The molecule has 0 atom stereocenters. The minimum absolute atomic E-state index is 0. The van der Waals surface area contributed by atoms with Crippen LogP contribution in [0.3, 0.4) is 0 Å². The number of hydrogen-bond acceptors (Lipinski definition) is 7. The van der Waals surface area contributed by atoms with Gasteiger partial charge < -0.3 is 25.3 Å². The van der Waals surface area contributed by atoms with E-state index in [9.17, 15) is 18.0 Å². The van der Waals surface area contributed by atoms with Crippen LogP contribution in [0.1, 0.15) is 49.7 Å². The first-order valence-corrected chi connectivity index (χ1v) is 15.5. The molecule has 44 heavy (non-hydrogen) atoms. The Hall–Kier alpha value is -3.07. The largest absolute Gasteiger partial charge is 0.417 e. The number of rotatable bonds is 6. The van der Waals surface area contributed by atoms with E-state index >= 15 is 0 Å². The Balaban J connectivity index is 0.00000384. The summed E-state index contributed by atoms with van der Waals surface area (Å²) < 4.78 is 40.1. The van der Waals surface area contributed by atoms with Gasteiger partial charge in [-0.1, -0.05) is 0 Å². The van der Waals surface area contributed by atoms with Gasteiger partial charge in [0.25, 0.3) is 0 Å². The lowest BCUT2D eigenvalue weighted by molar-refractivity contribution is -0.137. The fraction of sp³-hybridized carbons (Fsp3) is 0.594. The maximum Gasteiger partial charge on any atom is 0.417 e. The molecule has 0 saturated carbocycles. The highest BCUT2D eigenvalue weighted by molar-refractivity contribution is 5.92. The Kier molecular flexibility index (Phi) is 9.93. The molecule has 1 amide bonds. The van der Waals surface area contributed by atoms with Gasteiger partial charge in [-0.15, -0.1) is 12.4 Å². The molecule has 8 nitrogen and oxygen atoms in total. The number of likely N-dealkylation sites (tertiary alicyclic amines) is 1. The molecule has 1 aromatic heterocycles. The van der Waals surface area contributed by atoms with Gasteiger partial charge in [-0.3, -0.25) is 4.79 Å². The second-order valence-electron chi connectivity index (χ2n) is 12.8. The number of halogens is 4. The van der Waals surface area contributed by atoms with Crippen molar-refractivity contribution in [2.24, 2.45) is 17.3 Å². The zero-order valence-corrected chi connectivity index (χ0v) is 25.7. The van der Waals surface area contributed by atoms with Crippen LogP contribution in [0.2, 0.25) is 0 Å². The van der Waals surface area contributed by atoms with Crippen molar-refractivity contribution in [3.63, 3.8) is 0 Å². The third-order valence-corrected chi connectivity index (χ3v) is 10.1. The first-order chi connectivity index (χ1) is 20.7. The zero-order valence-electron chi connectivity index (χ0n) is 24.9. The maximum atomic E-state index is 13.4. The number of nitriles is 1. The fourth-order valence-corrected chi connectivity index (χ4v) is 7.12. The van der Waals surface area contributed by atoms with E-state index in [0.717, 1.165) is 30.8 Å². The molecule has 0 unspecified atom stereocenters. The number of hydrogen-bond donors (Lipinski definition) is 2. The second kappa shape index (κ2) is 13.5. The molecule has 0 aliphatic carbocycles. The molecule has 0 bridgehead atoms. The summed E-state index contributed by atoms with van der Waals surface area (Å²) in [5, 5.41) is 15.4. The molecule has 12 heteroatoms. The van der Waals surface area contributed by atoms with Gasteiger partial charge in [0.05, 0.1) is 29.1 Å². The predicted molar refractivity (Wildman–Crippen MR) is 167 cm³/mol. The molecule has 2 N–H and O–H groups in total. The SMILES string of the molecule is Cl.N#Cc1ccc(N2CCC(C(=O)Nc3ccc(N4CCC(CN5CCC6(CC5)CNC6)CC4)cn3)CC2)cc1C(F)(F)F. The fourth-order valence-electron chi connectivity index (χ4n) is 7.12. The third kappa shape index (κ3) is 7.24. The lowest BCUT2D eigenvalue weighted by Gasteiger charge is -2.49. The highest BCUT2D eigenvalue weighted by atomic mass is 35.5. The number of carbonyl (C=O) groups is 1. The minimum Gasteiger partial charge on any atom is -0.371 e. The van der Waals surface area contributed by atoms with Crippen LogP contribution < -0.4 is 20.4 Å². The Bertz CT molecular complexity index is 1320.